The largest absolute Gasteiger partial charge is 0.326 e. The third-order valence-corrected chi connectivity index (χ3v) is 4.38. The number of nitrogens with one attached hydrogen (secondary N) is 1. The summed E-state index contributed by atoms with van der Waals surface area (Å²) in [7, 11) is 0. The Morgan fingerprint density at radius 1 is 0.958 bits per heavy atom. The summed E-state index contributed by atoms with van der Waals surface area (Å²) in [4.78, 5) is 23.8. The van der Waals surface area contributed by atoms with Gasteiger partial charge in [-0.1, -0.05) is 49.7 Å². The second-order valence-corrected chi connectivity index (χ2v) is 6.44. The molecule has 1 saturated carbocycles. The minimum atomic E-state index is 0.0625. The average molecular weight is 321 g/mol. The highest BCUT2D eigenvalue weighted by Gasteiger charge is 2.30. The van der Waals surface area contributed by atoms with Crippen molar-refractivity contribution in [2.45, 2.75) is 39.0 Å². The topological polar surface area (TPSA) is 46.2 Å². The van der Waals surface area contributed by atoms with Gasteiger partial charge in [-0.15, -0.1) is 0 Å². The Morgan fingerprint density at radius 3 is 2.08 bits per heavy atom. The van der Waals surface area contributed by atoms with Gasteiger partial charge in [0.05, 0.1) is 0 Å². The van der Waals surface area contributed by atoms with Crippen LogP contribution in [-0.2, 0) is 4.79 Å². The van der Waals surface area contributed by atoms with E-state index in [4.69, 9.17) is 0 Å². The van der Waals surface area contributed by atoms with Crippen molar-refractivity contribution in [1.82, 2.24) is 0 Å². The van der Waals surface area contributed by atoms with Crippen LogP contribution in [0.5, 0.6) is 0 Å². The number of anilines is 1. The monoisotopic (exact) mass is 321 g/mol. The molecule has 0 spiro atoms. The highest BCUT2D eigenvalue weighted by Crippen LogP contribution is 2.33. The lowest BCUT2D eigenvalue weighted by Gasteiger charge is -2.07. The molecular weight excluding hydrogens is 298 g/mol. The predicted molar refractivity (Wildman–Crippen MR) is 97.1 cm³/mol. The van der Waals surface area contributed by atoms with E-state index in [0.29, 0.717) is 6.42 Å². The van der Waals surface area contributed by atoms with Crippen molar-refractivity contribution in [1.29, 1.82) is 0 Å². The predicted octanol–water partition coefficient (Wildman–Crippen LogP) is 5.08. The molecule has 0 aliphatic heterocycles. The van der Waals surface area contributed by atoms with E-state index in [2.05, 4.69) is 12.2 Å². The van der Waals surface area contributed by atoms with Crippen LogP contribution in [0.4, 0.5) is 5.69 Å². The van der Waals surface area contributed by atoms with Crippen LogP contribution < -0.4 is 5.32 Å². The summed E-state index contributed by atoms with van der Waals surface area (Å²) in [6, 6.07) is 15.6. The fraction of sp³-hybridized carbons (Fsp3) is 0.333. The van der Waals surface area contributed by atoms with Crippen LogP contribution in [0.3, 0.4) is 0 Å². The quantitative estimate of drug-likeness (QED) is 0.723. The molecule has 0 aromatic heterocycles. The first kappa shape index (κ1) is 16.4. The minimum absolute atomic E-state index is 0.0625. The van der Waals surface area contributed by atoms with Crippen LogP contribution in [0, 0.1) is 5.92 Å². The van der Waals surface area contributed by atoms with E-state index in [1.54, 1.807) is 0 Å². The molecule has 1 aliphatic carbocycles. The molecule has 0 atom stereocenters. The van der Waals surface area contributed by atoms with Crippen LogP contribution >= 0.6 is 0 Å². The number of ketones is 1. The number of unbranched alkanes of at least 4 members (excludes halogenated alkanes) is 1. The number of Topliss-reactive ketones (excluding diaryl/α,β-unsaturated/α-hetero) is 1. The molecule has 3 heteroatoms. The van der Waals surface area contributed by atoms with Crippen molar-refractivity contribution in [2.75, 3.05) is 5.32 Å². The molecule has 1 N–H and O–H groups in total. The van der Waals surface area contributed by atoms with Crippen molar-refractivity contribution in [3.63, 3.8) is 0 Å². The zero-order valence-electron chi connectivity index (χ0n) is 14.0. The molecule has 0 radical (unpaired) electrons. The summed E-state index contributed by atoms with van der Waals surface area (Å²) in [5.41, 5.74) is 3.78. The Labute approximate surface area is 143 Å². The van der Waals surface area contributed by atoms with E-state index in [9.17, 15) is 9.59 Å². The molecule has 0 bridgehead atoms. The molecule has 0 unspecified atom stereocenters. The molecule has 1 fully saturated rings. The highest BCUT2D eigenvalue weighted by molar-refractivity contribution is 5.99. The third-order valence-electron chi connectivity index (χ3n) is 4.38. The normalized spacial score (nSPS) is 13.5. The van der Waals surface area contributed by atoms with Gasteiger partial charge in [0.15, 0.2) is 5.78 Å². The van der Waals surface area contributed by atoms with Crippen LogP contribution in [0.15, 0.2) is 48.5 Å². The molecule has 2 aromatic carbocycles. The van der Waals surface area contributed by atoms with E-state index in [1.165, 1.54) is 0 Å². The zero-order chi connectivity index (χ0) is 16.9. The van der Waals surface area contributed by atoms with Crippen LogP contribution in [0.25, 0.3) is 11.1 Å². The van der Waals surface area contributed by atoms with E-state index in [-0.39, 0.29) is 17.6 Å². The van der Waals surface area contributed by atoms with Gasteiger partial charge in [-0.2, -0.15) is 0 Å². The van der Waals surface area contributed by atoms with Crippen molar-refractivity contribution in [3.8, 4) is 11.1 Å². The number of amides is 1. The molecule has 24 heavy (non-hydrogen) atoms. The lowest BCUT2D eigenvalue weighted by molar-refractivity contribution is -0.116. The van der Waals surface area contributed by atoms with Gasteiger partial charge in [-0.25, -0.2) is 0 Å². The summed E-state index contributed by atoms with van der Waals surface area (Å²) in [6.45, 7) is 2.07. The number of carbonyl (C=O) groups is 2. The molecule has 124 valence electrons. The Morgan fingerprint density at radius 2 is 1.54 bits per heavy atom. The van der Waals surface area contributed by atoms with E-state index in [1.807, 2.05) is 48.5 Å². The maximum atomic E-state index is 12.0. The van der Waals surface area contributed by atoms with Crippen LogP contribution in [0.1, 0.15) is 49.4 Å². The molecular formula is C21H23NO2. The Balaban J connectivity index is 1.64. The number of hydrogen-bond acceptors (Lipinski definition) is 2. The maximum absolute atomic E-state index is 12.0. The first-order valence-corrected chi connectivity index (χ1v) is 8.72. The summed E-state index contributed by atoms with van der Waals surface area (Å²) in [6.07, 6.45) is 4.56. The minimum Gasteiger partial charge on any atom is -0.326 e. The fourth-order valence-electron chi connectivity index (χ4n) is 2.72. The Kier molecular flexibility index (Phi) is 5.09. The Bertz CT molecular complexity index is 713. The number of hydrogen-bond donors (Lipinski definition) is 1. The van der Waals surface area contributed by atoms with Gasteiger partial charge in [-0.05, 0) is 42.5 Å². The molecule has 2 aromatic rings. The molecule has 3 rings (SSSR count). The van der Waals surface area contributed by atoms with Gasteiger partial charge >= 0.3 is 0 Å². The van der Waals surface area contributed by atoms with Crippen LogP contribution in [-0.4, -0.2) is 11.7 Å². The molecule has 3 nitrogen and oxygen atoms in total. The maximum Gasteiger partial charge on any atom is 0.224 e. The van der Waals surface area contributed by atoms with E-state index < -0.39 is 0 Å². The summed E-state index contributed by atoms with van der Waals surface area (Å²) in [5.74, 6) is 0.589. The highest BCUT2D eigenvalue weighted by atomic mass is 16.1. The van der Waals surface area contributed by atoms with Gasteiger partial charge in [0, 0.05) is 23.6 Å². The van der Waals surface area contributed by atoms with Crippen molar-refractivity contribution in [3.05, 3.63) is 54.1 Å². The average Bonchev–Trinajstić information content (AvgIpc) is 3.45. The van der Waals surface area contributed by atoms with Crippen LogP contribution in [0.2, 0.25) is 0 Å². The lowest BCUT2D eigenvalue weighted by Crippen LogP contribution is -2.10. The smallest absolute Gasteiger partial charge is 0.224 e. The Hall–Kier alpha value is -2.42. The van der Waals surface area contributed by atoms with Crippen molar-refractivity contribution < 1.29 is 9.59 Å². The second-order valence-electron chi connectivity index (χ2n) is 6.44. The van der Waals surface area contributed by atoms with Gasteiger partial charge in [-0.3, -0.25) is 9.59 Å². The van der Waals surface area contributed by atoms with Gasteiger partial charge in [0.2, 0.25) is 5.91 Å². The van der Waals surface area contributed by atoms with E-state index in [0.717, 1.165) is 48.1 Å². The molecule has 1 aliphatic rings. The van der Waals surface area contributed by atoms with E-state index >= 15 is 0 Å². The first-order chi connectivity index (χ1) is 11.7. The van der Waals surface area contributed by atoms with Crippen molar-refractivity contribution in [2.24, 2.45) is 5.92 Å². The molecule has 0 saturated heterocycles. The number of benzene rings is 2. The SMILES string of the molecule is CCCCC(=O)Nc1ccc(-c2ccc(C(=O)C3CC3)cc2)cc1. The summed E-state index contributed by atoms with van der Waals surface area (Å²) in [5, 5.41) is 2.92. The fourth-order valence-corrected chi connectivity index (χ4v) is 2.72. The lowest BCUT2D eigenvalue weighted by atomic mass is 10.0. The van der Waals surface area contributed by atoms with Gasteiger partial charge in [0.1, 0.15) is 0 Å². The standard InChI is InChI=1S/C21H23NO2/c1-2-3-4-20(23)22-19-13-11-16(12-14-19)15-5-7-17(8-6-15)21(24)18-9-10-18/h5-8,11-14,18H,2-4,9-10H2,1H3,(H,22,23). The zero-order valence-corrected chi connectivity index (χ0v) is 14.0. The third kappa shape index (κ3) is 4.10. The molecule has 0 heterocycles. The second kappa shape index (κ2) is 7.43. The first-order valence-electron chi connectivity index (χ1n) is 8.72. The molecule has 1 amide bonds. The summed E-state index contributed by atoms with van der Waals surface area (Å²) < 4.78 is 0. The summed E-state index contributed by atoms with van der Waals surface area (Å²) >= 11 is 0. The van der Waals surface area contributed by atoms with Gasteiger partial charge in [0.25, 0.3) is 0 Å². The number of carbonyl (C=O) groups excluding carboxylic acids is 2. The van der Waals surface area contributed by atoms with Crippen molar-refractivity contribution >= 4 is 17.4 Å². The van der Waals surface area contributed by atoms with Gasteiger partial charge < -0.3 is 5.32 Å². The number of rotatable bonds is 7.